The number of benzene rings is 3. The molecule has 0 unspecified atom stereocenters. The lowest BCUT2D eigenvalue weighted by Crippen LogP contribution is -2.05. The second-order valence-corrected chi connectivity index (χ2v) is 6.18. The maximum atomic E-state index is 13.7. The first-order chi connectivity index (χ1) is 13.7. The molecule has 0 atom stereocenters. The van der Waals surface area contributed by atoms with Crippen LogP contribution in [0.5, 0.6) is 5.75 Å². The predicted molar refractivity (Wildman–Crippen MR) is 107 cm³/mol. The summed E-state index contributed by atoms with van der Waals surface area (Å²) in [5.74, 6) is 0.0838. The summed E-state index contributed by atoms with van der Waals surface area (Å²) in [5.41, 5.74) is 2.97. The molecule has 0 aliphatic rings. The fourth-order valence-corrected chi connectivity index (χ4v) is 2.66. The number of hydrogen-bond acceptors (Lipinski definition) is 4. The monoisotopic (exact) mass is 379 g/mol. The van der Waals surface area contributed by atoms with Crippen LogP contribution < -0.4 is 10.1 Å². The van der Waals surface area contributed by atoms with Crippen LogP contribution in [0.1, 0.15) is 28.4 Å². The third-order valence-corrected chi connectivity index (χ3v) is 4.14. The number of carbonyl (C=O) groups is 1. The topological polar surface area (TPSA) is 47.6 Å². The van der Waals surface area contributed by atoms with Gasteiger partial charge >= 0.3 is 5.97 Å². The minimum Gasteiger partial charge on any atom is -0.489 e. The second-order valence-electron chi connectivity index (χ2n) is 6.18. The van der Waals surface area contributed by atoms with Gasteiger partial charge in [-0.05, 0) is 55.0 Å². The van der Waals surface area contributed by atoms with Gasteiger partial charge in [0.1, 0.15) is 18.2 Å². The fraction of sp³-hybridized carbons (Fsp3) is 0.174. The molecule has 3 aromatic rings. The Morgan fingerprint density at radius 1 is 1.00 bits per heavy atom. The van der Waals surface area contributed by atoms with Crippen molar-refractivity contribution in [2.75, 3.05) is 11.9 Å². The van der Waals surface area contributed by atoms with E-state index in [2.05, 4.69) is 5.32 Å². The van der Waals surface area contributed by atoms with Crippen LogP contribution >= 0.6 is 0 Å². The normalized spacial score (nSPS) is 10.4. The Hall–Kier alpha value is -3.34. The lowest BCUT2D eigenvalue weighted by Gasteiger charge is -2.10. The van der Waals surface area contributed by atoms with Gasteiger partial charge in [0.2, 0.25) is 0 Å². The van der Waals surface area contributed by atoms with Crippen molar-refractivity contribution in [2.45, 2.75) is 20.1 Å². The van der Waals surface area contributed by atoms with Crippen molar-refractivity contribution in [1.29, 1.82) is 0 Å². The summed E-state index contributed by atoms with van der Waals surface area (Å²) in [5, 5.41) is 3.30. The van der Waals surface area contributed by atoms with Crippen molar-refractivity contribution in [3.8, 4) is 5.75 Å². The molecule has 0 radical (unpaired) electrons. The summed E-state index contributed by atoms with van der Waals surface area (Å²) in [4.78, 5) is 11.7. The summed E-state index contributed by atoms with van der Waals surface area (Å²) in [6.07, 6.45) is 0. The highest BCUT2D eigenvalue weighted by Crippen LogP contribution is 2.18. The van der Waals surface area contributed by atoms with E-state index in [1.54, 1.807) is 37.3 Å². The van der Waals surface area contributed by atoms with Gasteiger partial charge in [0.25, 0.3) is 0 Å². The number of ether oxygens (including phenoxy) is 2. The van der Waals surface area contributed by atoms with Crippen LogP contribution in [0.3, 0.4) is 0 Å². The molecule has 4 nitrogen and oxygen atoms in total. The molecule has 0 spiro atoms. The molecule has 3 aromatic carbocycles. The van der Waals surface area contributed by atoms with Crippen LogP contribution in [0.15, 0.2) is 72.8 Å². The molecule has 1 N–H and O–H groups in total. The Morgan fingerprint density at radius 3 is 2.54 bits per heavy atom. The molecule has 3 rings (SSSR count). The van der Waals surface area contributed by atoms with Gasteiger partial charge in [-0.3, -0.25) is 0 Å². The van der Waals surface area contributed by atoms with E-state index in [9.17, 15) is 9.18 Å². The average Bonchev–Trinajstić information content (AvgIpc) is 2.72. The largest absolute Gasteiger partial charge is 0.489 e. The van der Waals surface area contributed by atoms with Crippen molar-refractivity contribution in [2.24, 2.45) is 0 Å². The number of anilines is 1. The molecule has 0 heterocycles. The van der Waals surface area contributed by atoms with Crippen molar-refractivity contribution >= 4 is 11.7 Å². The Bertz CT molecular complexity index is 925. The van der Waals surface area contributed by atoms with Gasteiger partial charge in [-0.2, -0.15) is 0 Å². The molecular formula is C23H22FNO3. The minimum atomic E-state index is -0.325. The van der Waals surface area contributed by atoms with E-state index in [0.717, 1.165) is 11.3 Å². The Balaban J connectivity index is 1.56. The van der Waals surface area contributed by atoms with Crippen molar-refractivity contribution in [3.05, 3.63) is 95.3 Å². The van der Waals surface area contributed by atoms with Gasteiger partial charge in [0.05, 0.1) is 12.2 Å². The van der Waals surface area contributed by atoms with Crippen LogP contribution in [-0.4, -0.2) is 12.6 Å². The molecule has 0 bridgehead atoms. The molecule has 0 aliphatic heterocycles. The average molecular weight is 379 g/mol. The van der Waals surface area contributed by atoms with Gasteiger partial charge < -0.3 is 14.8 Å². The summed E-state index contributed by atoms with van der Waals surface area (Å²) in [6, 6.07) is 21.4. The molecule has 0 saturated heterocycles. The SMILES string of the molecule is CCOC(=O)c1ccc(NCc2cccc(OCc3ccccc3F)c2)cc1. The number of esters is 1. The minimum absolute atomic E-state index is 0.179. The molecular weight excluding hydrogens is 357 g/mol. The highest BCUT2D eigenvalue weighted by molar-refractivity contribution is 5.89. The fourth-order valence-electron chi connectivity index (χ4n) is 2.66. The van der Waals surface area contributed by atoms with E-state index >= 15 is 0 Å². The molecule has 0 aliphatic carbocycles. The number of hydrogen-bond donors (Lipinski definition) is 1. The molecule has 0 amide bonds. The quantitative estimate of drug-likeness (QED) is 0.547. The molecule has 0 fully saturated rings. The highest BCUT2D eigenvalue weighted by Gasteiger charge is 2.06. The Kier molecular flexibility index (Phi) is 6.63. The first-order valence-electron chi connectivity index (χ1n) is 9.12. The maximum Gasteiger partial charge on any atom is 0.338 e. The third-order valence-electron chi connectivity index (χ3n) is 4.14. The molecule has 144 valence electrons. The summed E-state index contributed by atoms with van der Waals surface area (Å²) >= 11 is 0. The lowest BCUT2D eigenvalue weighted by molar-refractivity contribution is 0.0526. The molecule has 5 heteroatoms. The maximum absolute atomic E-state index is 13.7. The van der Waals surface area contributed by atoms with Crippen LogP contribution in [0, 0.1) is 5.82 Å². The third kappa shape index (κ3) is 5.33. The highest BCUT2D eigenvalue weighted by atomic mass is 19.1. The number of carbonyl (C=O) groups excluding carboxylic acids is 1. The van der Waals surface area contributed by atoms with Gasteiger partial charge in [-0.1, -0.05) is 30.3 Å². The zero-order valence-corrected chi connectivity index (χ0v) is 15.7. The predicted octanol–water partition coefficient (Wildman–Crippen LogP) is 5.19. The van der Waals surface area contributed by atoms with E-state index in [4.69, 9.17) is 9.47 Å². The van der Waals surface area contributed by atoms with Crippen LogP contribution in [0.25, 0.3) is 0 Å². The molecule has 28 heavy (non-hydrogen) atoms. The van der Waals surface area contributed by atoms with Crippen LogP contribution in [0.2, 0.25) is 0 Å². The van der Waals surface area contributed by atoms with Crippen molar-refractivity contribution in [1.82, 2.24) is 0 Å². The van der Waals surface area contributed by atoms with E-state index in [-0.39, 0.29) is 18.4 Å². The Labute approximate surface area is 163 Å². The van der Waals surface area contributed by atoms with Gasteiger partial charge in [0, 0.05) is 17.8 Å². The zero-order chi connectivity index (χ0) is 19.8. The zero-order valence-electron chi connectivity index (χ0n) is 15.7. The first-order valence-corrected chi connectivity index (χ1v) is 9.12. The van der Waals surface area contributed by atoms with Gasteiger partial charge in [-0.25, -0.2) is 9.18 Å². The molecule has 0 saturated carbocycles. The van der Waals surface area contributed by atoms with E-state index in [1.165, 1.54) is 6.07 Å². The van der Waals surface area contributed by atoms with Gasteiger partial charge in [0.15, 0.2) is 0 Å². The summed E-state index contributed by atoms with van der Waals surface area (Å²) in [7, 11) is 0. The van der Waals surface area contributed by atoms with E-state index < -0.39 is 0 Å². The lowest BCUT2D eigenvalue weighted by atomic mass is 10.2. The summed E-state index contributed by atoms with van der Waals surface area (Å²) < 4.78 is 24.4. The van der Waals surface area contributed by atoms with Crippen molar-refractivity contribution < 1.29 is 18.7 Å². The van der Waals surface area contributed by atoms with Crippen LogP contribution in [0.4, 0.5) is 10.1 Å². The van der Waals surface area contributed by atoms with E-state index in [0.29, 0.717) is 30.0 Å². The number of nitrogens with one attached hydrogen (secondary N) is 1. The van der Waals surface area contributed by atoms with E-state index in [1.807, 2.05) is 36.4 Å². The number of halogens is 1. The van der Waals surface area contributed by atoms with Crippen molar-refractivity contribution in [3.63, 3.8) is 0 Å². The standard InChI is InChI=1S/C23H22FNO3/c1-2-27-23(26)18-10-12-20(13-11-18)25-15-17-6-5-8-21(14-17)28-16-19-7-3-4-9-22(19)24/h3-14,25H,2,15-16H2,1H3. The first kappa shape index (κ1) is 19.4. The molecule has 0 aromatic heterocycles. The summed E-state index contributed by atoms with van der Waals surface area (Å²) in [6.45, 7) is 2.91. The van der Waals surface area contributed by atoms with Gasteiger partial charge in [-0.15, -0.1) is 0 Å². The Morgan fingerprint density at radius 2 is 1.79 bits per heavy atom. The number of rotatable bonds is 8. The van der Waals surface area contributed by atoms with Crippen LogP contribution in [-0.2, 0) is 17.9 Å². The smallest absolute Gasteiger partial charge is 0.338 e. The second kappa shape index (κ2) is 9.55.